The van der Waals surface area contributed by atoms with Gasteiger partial charge in [0.05, 0.1) is 29.3 Å². The number of sulfonamides is 1. The molecule has 1 N–H and O–H groups in total. The van der Waals surface area contributed by atoms with Gasteiger partial charge in [-0.15, -0.1) is 21.5 Å². The lowest BCUT2D eigenvalue weighted by molar-refractivity contribution is 0.0697. The molecule has 10 nitrogen and oxygen atoms in total. The molecular formula is C23H20ClN3O7S2. The van der Waals surface area contributed by atoms with Crippen molar-refractivity contribution in [2.24, 2.45) is 0 Å². The van der Waals surface area contributed by atoms with E-state index >= 15 is 0 Å². The molecule has 0 saturated heterocycles. The Morgan fingerprint density at radius 3 is 2.58 bits per heavy atom. The van der Waals surface area contributed by atoms with E-state index < -0.39 is 16.0 Å². The van der Waals surface area contributed by atoms with Crippen LogP contribution in [0.15, 0.2) is 57.8 Å². The van der Waals surface area contributed by atoms with Gasteiger partial charge < -0.3 is 19.0 Å². The van der Waals surface area contributed by atoms with Gasteiger partial charge in [-0.1, -0.05) is 17.7 Å². The first-order chi connectivity index (χ1) is 17.1. The van der Waals surface area contributed by atoms with Gasteiger partial charge in [-0.3, -0.25) is 4.31 Å². The number of carboxylic acids is 1. The predicted molar refractivity (Wildman–Crippen MR) is 135 cm³/mol. The Kier molecular flexibility index (Phi) is 7.20. The fourth-order valence-corrected chi connectivity index (χ4v) is 6.21. The zero-order valence-electron chi connectivity index (χ0n) is 19.3. The van der Waals surface area contributed by atoms with Crippen molar-refractivity contribution < 1.29 is 32.2 Å². The lowest BCUT2D eigenvalue weighted by Gasteiger charge is -2.21. The second kappa shape index (κ2) is 10.2. The molecule has 0 atom stereocenters. The summed E-state index contributed by atoms with van der Waals surface area (Å²) in [6, 6.07) is 12.0. The normalized spacial score (nSPS) is 11.3. The van der Waals surface area contributed by atoms with Crippen LogP contribution in [-0.4, -0.2) is 50.5 Å². The van der Waals surface area contributed by atoms with Crippen LogP contribution in [0.3, 0.4) is 0 Å². The molecule has 0 amide bonds. The third-order valence-corrected chi connectivity index (χ3v) is 8.28. The second-order valence-corrected chi connectivity index (χ2v) is 10.9. The SMILES string of the molecule is CCOc1ccc(N(C)S(=O)(=O)c2cc(Cl)sc2-c2nnc(-c3cccc(C(=O)O)c3)o2)cc1OC. The highest BCUT2D eigenvalue weighted by molar-refractivity contribution is 7.93. The molecule has 36 heavy (non-hydrogen) atoms. The summed E-state index contributed by atoms with van der Waals surface area (Å²) < 4.78 is 45.0. The van der Waals surface area contributed by atoms with Crippen LogP contribution in [0.2, 0.25) is 4.34 Å². The van der Waals surface area contributed by atoms with Crippen LogP contribution in [-0.2, 0) is 10.0 Å². The molecule has 0 fully saturated rings. The van der Waals surface area contributed by atoms with Crippen LogP contribution in [0.1, 0.15) is 17.3 Å². The monoisotopic (exact) mass is 549 g/mol. The van der Waals surface area contributed by atoms with Gasteiger partial charge in [0.1, 0.15) is 9.77 Å². The van der Waals surface area contributed by atoms with E-state index in [0.717, 1.165) is 15.6 Å². The highest BCUT2D eigenvalue weighted by atomic mass is 35.5. The number of aromatic carboxylic acids is 1. The van der Waals surface area contributed by atoms with Crippen molar-refractivity contribution in [1.29, 1.82) is 0 Å². The molecule has 0 aliphatic heterocycles. The predicted octanol–water partition coefficient (Wildman–Crippen LogP) is 5.05. The van der Waals surface area contributed by atoms with Crippen LogP contribution in [0.5, 0.6) is 11.5 Å². The quantitative estimate of drug-likeness (QED) is 0.304. The number of anilines is 1. The van der Waals surface area contributed by atoms with Gasteiger partial charge >= 0.3 is 5.97 Å². The molecule has 4 aromatic rings. The standard InChI is InChI=1S/C23H20ClN3O7S2/c1-4-33-16-9-8-15(11-17(16)32-3)27(2)36(30,31)18-12-19(24)35-20(18)22-26-25-21(34-22)13-6-5-7-14(10-13)23(28)29/h5-12H,4H2,1-3H3,(H,28,29). The molecule has 188 valence electrons. The fraction of sp³-hybridized carbons (Fsp3) is 0.174. The Bertz CT molecular complexity index is 1530. The molecule has 2 aromatic carbocycles. The largest absolute Gasteiger partial charge is 0.493 e. The smallest absolute Gasteiger partial charge is 0.335 e. The van der Waals surface area contributed by atoms with Crippen molar-refractivity contribution in [1.82, 2.24) is 10.2 Å². The number of nitrogens with zero attached hydrogens (tertiary/aromatic N) is 3. The average Bonchev–Trinajstić information content (AvgIpc) is 3.51. The first-order valence-corrected chi connectivity index (χ1v) is 13.1. The van der Waals surface area contributed by atoms with E-state index in [1.807, 2.05) is 6.92 Å². The van der Waals surface area contributed by atoms with Crippen LogP contribution < -0.4 is 13.8 Å². The molecular weight excluding hydrogens is 530 g/mol. The van der Waals surface area contributed by atoms with Crippen molar-refractivity contribution >= 4 is 44.6 Å². The van der Waals surface area contributed by atoms with Crippen molar-refractivity contribution in [3.63, 3.8) is 0 Å². The number of carboxylic acid groups (broad SMARTS) is 1. The summed E-state index contributed by atoms with van der Waals surface area (Å²) >= 11 is 7.16. The number of aromatic nitrogens is 2. The summed E-state index contributed by atoms with van der Waals surface area (Å²) in [5.41, 5.74) is 0.752. The van der Waals surface area contributed by atoms with E-state index in [2.05, 4.69) is 10.2 Å². The first kappa shape index (κ1) is 25.5. The van der Waals surface area contributed by atoms with Gasteiger partial charge in [-0.2, -0.15) is 0 Å². The molecule has 0 aliphatic rings. The van der Waals surface area contributed by atoms with Gasteiger partial charge in [0.15, 0.2) is 11.5 Å². The molecule has 0 radical (unpaired) electrons. The highest BCUT2D eigenvalue weighted by Gasteiger charge is 2.30. The maximum absolute atomic E-state index is 13.6. The summed E-state index contributed by atoms with van der Waals surface area (Å²) in [6.07, 6.45) is 0. The molecule has 0 unspecified atom stereocenters. The number of thiophene rings is 1. The van der Waals surface area contributed by atoms with Crippen LogP contribution in [0.25, 0.3) is 22.2 Å². The van der Waals surface area contributed by atoms with E-state index in [4.69, 9.17) is 25.5 Å². The summed E-state index contributed by atoms with van der Waals surface area (Å²) in [7, 11) is -1.25. The third kappa shape index (κ3) is 4.87. The lowest BCUT2D eigenvalue weighted by Crippen LogP contribution is -2.26. The zero-order chi connectivity index (χ0) is 26.0. The topological polar surface area (TPSA) is 132 Å². The van der Waals surface area contributed by atoms with Crippen molar-refractivity contribution in [3.8, 4) is 33.7 Å². The van der Waals surface area contributed by atoms with Gasteiger partial charge in [-0.05, 0) is 43.3 Å². The maximum Gasteiger partial charge on any atom is 0.335 e. The Morgan fingerprint density at radius 1 is 1.14 bits per heavy atom. The first-order valence-electron chi connectivity index (χ1n) is 10.4. The molecule has 2 aromatic heterocycles. The summed E-state index contributed by atoms with van der Waals surface area (Å²) in [4.78, 5) is 11.3. The number of hydrogen-bond donors (Lipinski definition) is 1. The molecule has 4 rings (SSSR count). The minimum atomic E-state index is -4.12. The van der Waals surface area contributed by atoms with Gasteiger partial charge in [0.2, 0.25) is 5.89 Å². The molecule has 0 saturated carbocycles. The number of methoxy groups -OCH3 is 1. The number of benzene rings is 2. The number of ether oxygens (including phenoxy) is 2. The Morgan fingerprint density at radius 2 is 1.89 bits per heavy atom. The minimum absolute atomic E-state index is 0.0329. The lowest BCUT2D eigenvalue weighted by atomic mass is 10.1. The molecule has 2 heterocycles. The number of carbonyl (C=O) groups is 1. The van der Waals surface area contributed by atoms with Gasteiger partial charge in [-0.25, -0.2) is 13.2 Å². The Hall–Kier alpha value is -3.61. The zero-order valence-corrected chi connectivity index (χ0v) is 21.6. The fourth-order valence-electron chi connectivity index (χ4n) is 3.32. The van der Waals surface area contributed by atoms with E-state index in [0.29, 0.717) is 29.4 Å². The van der Waals surface area contributed by atoms with Crippen molar-refractivity contribution in [3.05, 3.63) is 58.4 Å². The van der Waals surface area contributed by atoms with E-state index in [1.54, 1.807) is 30.3 Å². The van der Waals surface area contributed by atoms with Crippen LogP contribution in [0, 0.1) is 0 Å². The van der Waals surface area contributed by atoms with E-state index in [9.17, 15) is 18.3 Å². The Balaban J connectivity index is 1.72. The van der Waals surface area contributed by atoms with Gasteiger partial charge in [0.25, 0.3) is 15.9 Å². The Labute approximate surface area is 215 Å². The number of halogens is 1. The molecule has 13 heteroatoms. The molecule has 0 bridgehead atoms. The molecule has 0 aliphatic carbocycles. The number of hydrogen-bond acceptors (Lipinski definition) is 9. The maximum atomic E-state index is 13.6. The summed E-state index contributed by atoms with van der Waals surface area (Å²) in [5, 5.41) is 17.2. The van der Waals surface area contributed by atoms with Crippen LogP contribution >= 0.6 is 22.9 Å². The second-order valence-electron chi connectivity index (χ2n) is 7.28. The van der Waals surface area contributed by atoms with E-state index in [1.165, 1.54) is 32.4 Å². The summed E-state index contributed by atoms with van der Waals surface area (Å²) in [5.74, 6) is -0.280. The average molecular weight is 550 g/mol. The molecule has 0 spiro atoms. The van der Waals surface area contributed by atoms with Crippen molar-refractivity contribution in [2.45, 2.75) is 11.8 Å². The summed E-state index contributed by atoms with van der Waals surface area (Å²) in [6.45, 7) is 2.25. The van der Waals surface area contributed by atoms with Gasteiger partial charge in [0, 0.05) is 18.7 Å². The highest BCUT2D eigenvalue weighted by Crippen LogP contribution is 2.41. The van der Waals surface area contributed by atoms with E-state index in [-0.39, 0.29) is 31.5 Å². The number of rotatable bonds is 9. The third-order valence-electron chi connectivity index (χ3n) is 5.09. The minimum Gasteiger partial charge on any atom is -0.493 e. The van der Waals surface area contributed by atoms with Crippen molar-refractivity contribution in [2.75, 3.05) is 25.1 Å². The van der Waals surface area contributed by atoms with Crippen LogP contribution in [0.4, 0.5) is 5.69 Å².